The lowest BCUT2D eigenvalue weighted by Gasteiger charge is -2.39. The van der Waals surface area contributed by atoms with E-state index in [1.54, 1.807) is 0 Å². The quantitative estimate of drug-likeness (QED) is 0.886. The van der Waals surface area contributed by atoms with Crippen LogP contribution in [0.25, 0.3) is 0 Å². The number of ether oxygens (including phenoxy) is 2. The maximum absolute atomic E-state index is 10.9. The minimum atomic E-state index is -0.679. The summed E-state index contributed by atoms with van der Waals surface area (Å²) in [5.41, 5.74) is 0.358. The van der Waals surface area contributed by atoms with Crippen LogP contribution in [-0.2, 0) is 5.60 Å². The highest BCUT2D eigenvalue weighted by molar-refractivity contribution is 5.85. The van der Waals surface area contributed by atoms with Crippen molar-refractivity contribution in [3.05, 3.63) is 60.2 Å². The predicted molar refractivity (Wildman–Crippen MR) is 104 cm³/mol. The van der Waals surface area contributed by atoms with Gasteiger partial charge in [0.05, 0.1) is 5.60 Å². The fourth-order valence-corrected chi connectivity index (χ4v) is 3.72. The first-order valence-electron chi connectivity index (χ1n) is 9.12. The van der Waals surface area contributed by atoms with Crippen LogP contribution in [0.15, 0.2) is 54.6 Å². The van der Waals surface area contributed by atoms with E-state index < -0.39 is 5.60 Å². The van der Waals surface area contributed by atoms with E-state index in [0.29, 0.717) is 6.61 Å². The fourth-order valence-electron chi connectivity index (χ4n) is 3.72. The van der Waals surface area contributed by atoms with Crippen molar-refractivity contribution >= 4 is 12.4 Å². The summed E-state index contributed by atoms with van der Waals surface area (Å²) in [4.78, 5) is 2.42. The molecule has 1 fully saturated rings. The largest absolute Gasteiger partial charge is 0.486 e. The van der Waals surface area contributed by atoms with Crippen LogP contribution in [0.5, 0.6) is 11.5 Å². The van der Waals surface area contributed by atoms with Crippen LogP contribution in [0.4, 0.5) is 0 Å². The number of nitrogens with zero attached hydrogens (tertiary/aromatic N) is 1. The molecule has 4 rings (SSSR count). The standard InChI is InChI=1S/C21H25NO3.ClH/c23-21(17-6-2-1-3-7-17)11-14-22(15-12-21)13-10-18-16-24-19-8-4-5-9-20(19)25-18;/h1-9,18,23H,10-16H2;1H. The van der Waals surface area contributed by atoms with Gasteiger partial charge in [0.1, 0.15) is 12.7 Å². The van der Waals surface area contributed by atoms with E-state index >= 15 is 0 Å². The van der Waals surface area contributed by atoms with Gasteiger partial charge in [0.25, 0.3) is 0 Å². The van der Waals surface area contributed by atoms with Crippen LogP contribution >= 0.6 is 12.4 Å². The van der Waals surface area contributed by atoms with Crippen LogP contribution in [-0.4, -0.2) is 42.4 Å². The Kier molecular flexibility index (Phi) is 6.07. The van der Waals surface area contributed by atoms with E-state index in [2.05, 4.69) is 4.90 Å². The van der Waals surface area contributed by atoms with Gasteiger partial charge >= 0.3 is 0 Å². The van der Waals surface area contributed by atoms with Crippen molar-refractivity contribution in [1.82, 2.24) is 4.90 Å². The minimum absolute atomic E-state index is 0. The lowest BCUT2D eigenvalue weighted by Crippen LogP contribution is -2.44. The molecule has 1 N–H and O–H groups in total. The van der Waals surface area contributed by atoms with Crippen molar-refractivity contribution in [3.8, 4) is 11.5 Å². The molecule has 26 heavy (non-hydrogen) atoms. The van der Waals surface area contributed by atoms with Gasteiger partial charge in [-0.15, -0.1) is 12.4 Å². The Bertz CT molecular complexity index is 701. The van der Waals surface area contributed by atoms with Crippen LogP contribution in [0.1, 0.15) is 24.8 Å². The van der Waals surface area contributed by atoms with Gasteiger partial charge in [0, 0.05) is 26.1 Å². The van der Waals surface area contributed by atoms with Crippen LogP contribution in [0.3, 0.4) is 0 Å². The number of hydrogen-bond acceptors (Lipinski definition) is 4. The van der Waals surface area contributed by atoms with Crippen molar-refractivity contribution in [3.63, 3.8) is 0 Å². The molecule has 0 amide bonds. The summed E-state index contributed by atoms with van der Waals surface area (Å²) < 4.78 is 11.8. The molecule has 4 nitrogen and oxygen atoms in total. The van der Waals surface area contributed by atoms with Crippen molar-refractivity contribution in [1.29, 1.82) is 0 Å². The molecule has 1 saturated heterocycles. The molecule has 0 aromatic heterocycles. The summed E-state index contributed by atoms with van der Waals surface area (Å²) in [6.07, 6.45) is 2.60. The number of hydrogen-bond donors (Lipinski definition) is 1. The molecule has 0 bridgehead atoms. The second kappa shape index (κ2) is 8.30. The topological polar surface area (TPSA) is 41.9 Å². The van der Waals surface area contributed by atoms with Gasteiger partial charge in [0.15, 0.2) is 11.5 Å². The lowest BCUT2D eigenvalue weighted by molar-refractivity contribution is -0.0289. The van der Waals surface area contributed by atoms with Gasteiger partial charge in [-0.25, -0.2) is 0 Å². The second-order valence-corrected chi connectivity index (χ2v) is 7.03. The predicted octanol–water partition coefficient (Wildman–Crippen LogP) is 3.62. The normalized spacial score (nSPS) is 21.7. The van der Waals surface area contributed by atoms with E-state index in [1.807, 2.05) is 54.6 Å². The lowest BCUT2D eigenvalue weighted by atomic mass is 9.84. The maximum Gasteiger partial charge on any atom is 0.161 e. The number of aliphatic hydroxyl groups is 1. The number of rotatable bonds is 4. The Hall–Kier alpha value is -1.75. The average Bonchev–Trinajstić information content (AvgIpc) is 2.68. The molecule has 1 unspecified atom stereocenters. The van der Waals surface area contributed by atoms with Gasteiger partial charge in [-0.2, -0.15) is 0 Å². The fraction of sp³-hybridized carbons (Fsp3) is 0.429. The molecule has 2 aromatic rings. The highest BCUT2D eigenvalue weighted by Crippen LogP contribution is 2.34. The summed E-state index contributed by atoms with van der Waals surface area (Å²) >= 11 is 0. The Morgan fingerprint density at radius 2 is 1.62 bits per heavy atom. The Labute approximate surface area is 161 Å². The first-order valence-corrected chi connectivity index (χ1v) is 9.12. The third-order valence-corrected chi connectivity index (χ3v) is 5.33. The molecule has 2 aromatic carbocycles. The molecule has 0 spiro atoms. The summed E-state index contributed by atoms with van der Waals surface area (Å²) in [5, 5.41) is 10.9. The molecular formula is C21H26ClNO3. The summed E-state index contributed by atoms with van der Waals surface area (Å²) in [7, 11) is 0. The number of fused-ring (bicyclic) bond motifs is 1. The first-order chi connectivity index (χ1) is 12.2. The van der Waals surface area contributed by atoms with Crippen molar-refractivity contribution in [2.75, 3.05) is 26.2 Å². The first kappa shape index (κ1) is 19.0. The Morgan fingerprint density at radius 3 is 2.35 bits per heavy atom. The van der Waals surface area contributed by atoms with E-state index in [-0.39, 0.29) is 18.5 Å². The molecular weight excluding hydrogens is 350 g/mol. The van der Waals surface area contributed by atoms with E-state index in [0.717, 1.165) is 56.0 Å². The van der Waals surface area contributed by atoms with E-state index in [1.165, 1.54) is 0 Å². The smallest absolute Gasteiger partial charge is 0.161 e. The zero-order valence-electron chi connectivity index (χ0n) is 14.8. The van der Waals surface area contributed by atoms with Gasteiger partial charge in [-0.1, -0.05) is 42.5 Å². The molecule has 0 saturated carbocycles. The van der Waals surface area contributed by atoms with Crippen LogP contribution in [0.2, 0.25) is 0 Å². The third-order valence-electron chi connectivity index (χ3n) is 5.33. The van der Waals surface area contributed by atoms with E-state index in [4.69, 9.17) is 9.47 Å². The molecule has 0 aliphatic carbocycles. The molecule has 5 heteroatoms. The summed E-state index contributed by atoms with van der Waals surface area (Å²) in [6.45, 7) is 3.41. The monoisotopic (exact) mass is 375 g/mol. The van der Waals surface area contributed by atoms with Crippen molar-refractivity contribution in [2.24, 2.45) is 0 Å². The number of para-hydroxylation sites is 2. The SMILES string of the molecule is Cl.OC1(c2ccccc2)CCN(CCC2COc3ccccc3O2)CC1. The molecule has 1 atom stereocenters. The van der Waals surface area contributed by atoms with E-state index in [9.17, 15) is 5.11 Å². The maximum atomic E-state index is 10.9. The zero-order valence-corrected chi connectivity index (χ0v) is 15.7. The second-order valence-electron chi connectivity index (χ2n) is 7.03. The average molecular weight is 376 g/mol. The molecule has 140 valence electrons. The van der Waals surface area contributed by atoms with Crippen LogP contribution < -0.4 is 9.47 Å². The molecule has 2 aliphatic heterocycles. The van der Waals surface area contributed by atoms with Gasteiger partial charge in [-0.05, 0) is 30.5 Å². The van der Waals surface area contributed by atoms with Crippen molar-refractivity contribution in [2.45, 2.75) is 31.0 Å². The van der Waals surface area contributed by atoms with Crippen LogP contribution in [0, 0.1) is 0 Å². The number of likely N-dealkylation sites (tertiary alicyclic amines) is 1. The minimum Gasteiger partial charge on any atom is -0.486 e. The zero-order chi connectivity index (χ0) is 17.1. The highest BCUT2D eigenvalue weighted by Gasteiger charge is 2.34. The Morgan fingerprint density at radius 1 is 0.962 bits per heavy atom. The summed E-state index contributed by atoms with van der Waals surface area (Å²) in [5.74, 6) is 1.68. The molecule has 2 aliphatic rings. The number of halogens is 1. The molecule has 0 radical (unpaired) electrons. The number of piperidine rings is 1. The molecule has 2 heterocycles. The number of benzene rings is 2. The van der Waals surface area contributed by atoms with Gasteiger partial charge in [-0.3, -0.25) is 0 Å². The Balaban J connectivity index is 0.00000196. The summed E-state index contributed by atoms with van der Waals surface area (Å²) in [6, 6.07) is 17.9. The highest BCUT2D eigenvalue weighted by atomic mass is 35.5. The van der Waals surface area contributed by atoms with Crippen molar-refractivity contribution < 1.29 is 14.6 Å². The van der Waals surface area contributed by atoms with Gasteiger partial charge in [0.2, 0.25) is 0 Å². The third kappa shape index (κ3) is 4.14. The van der Waals surface area contributed by atoms with Gasteiger partial charge < -0.3 is 19.5 Å².